The average Bonchev–Trinajstić information content (AvgIpc) is 3.17. The van der Waals surface area contributed by atoms with Crippen molar-refractivity contribution >= 4 is 23.5 Å². The van der Waals surface area contributed by atoms with Gasteiger partial charge in [-0.05, 0) is 18.4 Å². The molecule has 0 saturated carbocycles. The molecular weight excluding hydrogens is 298 g/mol. The molecule has 5 nitrogen and oxygen atoms in total. The molecule has 0 bridgehead atoms. The number of aromatic nitrogens is 1. The van der Waals surface area contributed by atoms with Crippen molar-refractivity contribution in [2.24, 2.45) is 5.10 Å². The monoisotopic (exact) mass is 311 g/mol. The Labute approximate surface area is 131 Å². The van der Waals surface area contributed by atoms with Gasteiger partial charge < -0.3 is 4.52 Å². The SMILES string of the molecule is Cc1onc(-c2ccccc2)c1C(=O)N/N=C/c1cccs1. The summed E-state index contributed by atoms with van der Waals surface area (Å²) in [5, 5.41) is 9.89. The van der Waals surface area contributed by atoms with Crippen LogP contribution in [0.2, 0.25) is 0 Å². The van der Waals surface area contributed by atoms with Gasteiger partial charge in [-0.25, -0.2) is 5.43 Å². The molecular formula is C16H13N3O2S. The Balaban J connectivity index is 1.82. The molecule has 1 amide bonds. The molecule has 1 N–H and O–H groups in total. The first-order valence-electron chi connectivity index (χ1n) is 6.64. The molecule has 0 aliphatic heterocycles. The third-order valence-electron chi connectivity index (χ3n) is 3.04. The minimum Gasteiger partial charge on any atom is -0.360 e. The van der Waals surface area contributed by atoms with E-state index < -0.39 is 0 Å². The highest BCUT2D eigenvalue weighted by Crippen LogP contribution is 2.24. The van der Waals surface area contributed by atoms with Gasteiger partial charge in [0.15, 0.2) is 0 Å². The summed E-state index contributed by atoms with van der Waals surface area (Å²) in [6, 6.07) is 13.3. The molecule has 110 valence electrons. The van der Waals surface area contributed by atoms with E-state index in [1.165, 1.54) is 0 Å². The summed E-state index contributed by atoms with van der Waals surface area (Å²) < 4.78 is 5.16. The Hall–Kier alpha value is -2.73. The number of hydrogen-bond acceptors (Lipinski definition) is 5. The summed E-state index contributed by atoms with van der Waals surface area (Å²) in [5.74, 6) is 0.119. The maximum absolute atomic E-state index is 12.3. The lowest BCUT2D eigenvalue weighted by Crippen LogP contribution is -2.18. The zero-order chi connectivity index (χ0) is 15.4. The summed E-state index contributed by atoms with van der Waals surface area (Å²) in [4.78, 5) is 13.3. The predicted octanol–water partition coefficient (Wildman–Crippen LogP) is 3.48. The number of rotatable bonds is 4. The summed E-state index contributed by atoms with van der Waals surface area (Å²) in [6.07, 6.45) is 1.60. The predicted molar refractivity (Wildman–Crippen MR) is 86.1 cm³/mol. The van der Waals surface area contributed by atoms with Crippen LogP contribution in [-0.2, 0) is 0 Å². The Morgan fingerprint density at radius 1 is 1.27 bits per heavy atom. The van der Waals surface area contributed by atoms with Crippen LogP contribution in [-0.4, -0.2) is 17.3 Å². The Morgan fingerprint density at radius 2 is 2.09 bits per heavy atom. The Bertz CT molecular complexity index is 792. The van der Waals surface area contributed by atoms with Crippen LogP contribution in [0.25, 0.3) is 11.3 Å². The van der Waals surface area contributed by atoms with Gasteiger partial charge in [-0.2, -0.15) is 5.10 Å². The smallest absolute Gasteiger partial charge is 0.277 e. The second kappa shape index (κ2) is 6.36. The van der Waals surface area contributed by atoms with Crippen molar-refractivity contribution in [3.63, 3.8) is 0 Å². The molecule has 0 spiro atoms. The van der Waals surface area contributed by atoms with E-state index >= 15 is 0 Å². The number of amides is 1. The quantitative estimate of drug-likeness (QED) is 0.592. The lowest BCUT2D eigenvalue weighted by Gasteiger charge is -2.01. The Morgan fingerprint density at radius 3 is 2.82 bits per heavy atom. The van der Waals surface area contributed by atoms with E-state index in [1.807, 2.05) is 47.8 Å². The zero-order valence-corrected chi connectivity index (χ0v) is 12.6. The highest BCUT2D eigenvalue weighted by Gasteiger charge is 2.21. The molecule has 0 saturated heterocycles. The molecule has 0 radical (unpaired) electrons. The van der Waals surface area contributed by atoms with Crippen LogP contribution in [0, 0.1) is 6.92 Å². The van der Waals surface area contributed by atoms with Gasteiger partial charge in [0.2, 0.25) is 0 Å². The highest BCUT2D eigenvalue weighted by molar-refractivity contribution is 7.11. The molecule has 0 aliphatic carbocycles. The third kappa shape index (κ3) is 2.96. The molecule has 3 aromatic rings. The number of nitrogens with one attached hydrogen (secondary N) is 1. The number of benzene rings is 1. The van der Waals surface area contributed by atoms with E-state index in [1.54, 1.807) is 24.5 Å². The molecule has 3 rings (SSSR count). The van der Waals surface area contributed by atoms with E-state index in [4.69, 9.17) is 4.52 Å². The van der Waals surface area contributed by atoms with E-state index in [-0.39, 0.29) is 5.91 Å². The molecule has 6 heteroatoms. The summed E-state index contributed by atoms with van der Waals surface area (Å²) in [7, 11) is 0. The van der Waals surface area contributed by atoms with Gasteiger partial charge in [0.25, 0.3) is 5.91 Å². The van der Waals surface area contributed by atoms with Crippen molar-refractivity contribution in [3.05, 3.63) is 64.0 Å². The molecule has 0 atom stereocenters. The minimum atomic E-state index is -0.342. The van der Waals surface area contributed by atoms with E-state index in [9.17, 15) is 4.79 Å². The third-order valence-corrected chi connectivity index (χ3v) is 3.84. The molecule has 2 heterocycles. The van der Waals surface area contributed by atoms with Gasteiger partial charge in [-0.3, -0.25) is 4.79 Å². The summed E-state index contributed by atoms with van der Waals surface area (Å²) in [6.45, 7) is 1.71. The van der Waals surface area contributed by atoms with Crippen LogP contribution >= 0.6 is 11.3 Å². The lowest BCUT2D eigenvalue weighted by molar-refractivity contribution is 0.0954. The normalized spacial score (nSPS) is 11.0. The van der Waals surface area contributed by atoms with Gasteiger partial charge in [0, 0.05) is 10.4 Å². The van der Waals surface area contributed by atoms with Gasteiger partial charge in [-0.15, -0.1) is 11.3 Å². The van der Waals surface area contributed by atoms with Crippen molar-refractivity contribution in [1.82, 2.24) is 10.6 Å². The standard InChI is InChI=1S/C16H13N3O2S/c1-11-14(15(19-21-11)12-6-3-2-4-7-12)16(20)18-17-10-13-8-5-9-22-13/h2-10H,1H3,(H,18,20)/b17-10+. The van der Waals surface area contributed by atoms with Crippen LogP contribution in [0.15, 0.2) is 57.5 Å². The van der Waals surface area contributed by atoms with Crippen molar-refractivity contribution in [2.75, 3.05) is 0 Å². The second-order valence-electron chi connectivity index (χ2n) is 4.54. The van der Waals surface area contributed by atoms with Crippen molar-refractivity contribution in [2.45, 2.75) is 6.92 Å². The first-order valence-corrected chi connectivity index (χ1v) is 7.52. The zero-order valence-electron chi connectivity index (χ0n) is 11.8. The van der Waals surface area contributed by atoms with Gasteiger partial charge in [-0.1, -0.05) is 41.6 Å². The average molecular weight is 311 g/mol. The van der Waals surface area contributed by atoms with E-state index in [0.29, 0.717) is 17.0 Å². The molecule has 0 unspecified atom stereocenters. The molecule has 22 heavy (non-hydrogen) atoms. The first-order chi connectivity index (χ1) is 10.8. The molecule has 0 aliphatic rings. The van der Waals surface area contributed by atoms with Crippen LogP contribution in [0.5, 0.6) is 0 Å². The number of nitrogens with zero attached hydrogens (tertiary/aromatic N) is 2. The summed E-state index contributed by atoms with van der Waals surface area (Å²) >= 11 is 1.54. The summed E-state index contributed by atoms with van der Waals surface area (Å²) in [5.41, 5.74) is 4.25. The molecule has 2 aromatic heterocycles. The van der Waals surface area contributed by atoms with Crippen molar-refractivity contribution < 1.29 is 9.32 Å². The fraction of sp³-hybridized carbons (Fsp3) is 0.0625. The van der Waals surface area contributed by atoms with Crippen LogP contribution in [0.4, 0.5) is 0 Å². The maximum Gasteiger partial charge on any atom is 0.277 e. The van der Waals surface area contributed by atoms with Gasteiger partial charge >= 0.3 is 0 Å². The fourth-order valence-corrected chi connectivity index (χ4v) is 2.59. The van der Waals surface area contributed by atoms with Crippen molar-refractivity contribution in [3.8, 4) is 11.3 Å². The molecule has 0 fully saturated rings. The van der Waals surface area contributed by atoms with Crippen LogP contribution in [0.3, 0.4) is 0 Å². The Kier molecular flexibility index (Phi) is 4.11. The lowest BCUT2D eigenvalue weighted by atomic mass is 10.1. The van der Waals surface area contributed by atoms with Crippen molar-refractivity contribution in [1.29, 1.82) is 0 Å². The van der Waals surface area contributed by atoms with Crippen LogP contribution in [0.1, 0.15) is 21.0 Å². The second-order valence-corrected chi connectivity index (χ2v) is 5.52. The maximum atomic E-state index is 12.3. The first kappa shape index (κ1) is 14.2. The van der Waals surface area contributed by atoms with Gasteiger partial charge in [0.05, 0.1) is 6.21 Å². The number of carbonyl (C=O) groups excluding carboxylic acids is 1. The number of hydrogen-bond donors (Lipinski definition) is 1. The molecule has 1 aromatic carbocycles. The highest BCUT2D eigenvalue weighted by atomic mass is 32.1. The van der Waals surface area contributed by atoms with Gasteiger partial charge in [0.1, 0.15) is 17.0 Å². The fourth-order valence-electron chi connectivity index (χ4n) is 2.01. The number of thiophene rings is 1. The largest absolute Gasteiger partial charge is 0.360 e. The number of carbonyl (C=O) groups is 1. The van der Waals surface area contributed by atoms with E-state index in [0.717, 1.165) is 10.4 Å². The minimum absolute atomic E-state index is 0.342. The van der Waals surface area contributed by atoms with E-state index in [2.05, 4.69) is 15.7 Å². The van der Waals surface area contributed by atoms with Crippen LogP contribution < -0.4 is 5.43 Å². The topological polar surface area (TPSA) is 67.5 Å². The number of aryl methyl sites for hydroxylation is 1. The number of hydrazone groups is 1.